The molecule has 0 amide bonds. The first-order valence-corrected chi connectivity index (χ1v) is 17.9. The molecule has 56 heavy (non-hydrogen) atoms. The predicted molar refractivity (Wildman–Crippen MR) is 215 cm³/mol. The number of aryl methyl sites for hydroxylation is 2. The minimum absolute atomic E-state index is 0.0655. The van der Waals surface area contributed by atoms with Crippen molar-refractivity contribution in [2.75, 3.05) is 39.3 Å². The maximum Gasteiger partial charge on any atom is 0.280 e. The molecule has 0 spiro atoms. The van der Waals surface area contributed by atoms with Crippen LogP contribution < -0.4 is 21.8 Å². The van der Waals surface area contributed by atoms with Crippen LogP contribution in [0.4, 0.5) is 11.4 Å². The smallest absolute Gasteiger partial charge is 0.280 e. The Kier molecular flexibility index (Phi) is 12.3. The minimum Gasteiger partial charge on any atom is -0.314 e. The van der Waals surface area contributed by atoms with Gasteiger partial charge in [-0.2, -0.15) is 0 Å². The lowest BCUT2D eigenvalue weighted by molar-refractivity contribution is -0.385. The van der Waals surface area contributed by atoms with Crippen molar-refractivity contribution in [3.8, 4) is 11.4 Å². The van der Waals surface area contributed by atoms with Crippen molar-refractivity contribution in [3.05, 3.63) is 184 Å². The van der Waals surface area contributed by atoms with Crippen molar-refractivity contribution in [3.63, 3.8) is 0 Å². The fourth-order valence-electron chi connectivity index (χ4n) is 6.20. The molecule has 2 aromatic heterocycles. The molecule has 0 aliphatic rings. The van der Waals surface area contributed by atoms with Crippen LogP contribution in [0.1, 0.15) is 33.6 Å². The molecule has 6 rings (SSSR count). The Morgan fingerprint density at radius 1 is 0.571 bits per heavy atom. The summed E-state index contributed by atoms with van der Waals surface area (Å²) in [4.78, 5) is 58.2. The molecular weight excluding hydrogens is 717 g/mol. The molecule has 0 saturated heterocycles. The molecule has 0 aliphatic carbocycles. The summed E-state index contributed by atoms with van der Waals surface area (Å²) in [5.74, 6) is 0. The molecule has 0 radical (unpaired) electrons. The minimum atomic E-state index is -0.487. The summed E-state index contributed by atoms with van der Waals surface area (Å²) < 4.78 is 2.72. The summed E-state index contributed by atoms with van der Waals surface area (Å²) in [5, 5.41) is 35.1. The zero-order valence-corrected chi connectivity index (χ0v) is 30.8. The van der Waals surface area contributed by atoms with E-state index in [0.717, 1.165) is 11.1 Å². The molecule has 0 atom stereocenters. The van der Waals surface area contributed by atoms with E-state index in [-0.39, 0.29) is 22.5 Å². The van der Waals surface area contributed by atoms with Crippen LogP contribution >= 0.6 is 0 Å². The third kappa shape index (κ3) is 8.83. The maximum absolute atomic E-state index is 13.7. The van der Waals surface area contributed by atoms with Crippen molar-refractivity contribution in [1.29, 1.82) is 0 Å². The highest BCUT2D eigenvalue weighted by atomic mass is 16.6. The highest BCUT2D eigenvalue weighted by Crippen LogP contribution is 2.18. The Morgan fingerprint density at radius 2 is 0.929 bits per heavy atom. The van der Waals surface area contributed by atoms with Gasteiger partial charge in [0.05, 0.1) is 56.9 Å². The van der Waals surface area contributed by atoms with Crippen LogP contribution in [-0.4, -0.2) is 80.1 Å². The van der Waals surface area contributed by atoms with Gasteiger partial charge in [-0.15, -0.1) is 0 Å². The molecule has 286 valence electrons. The number of nitro groups is 2. The number of hydrogen-bond donors (Lipinski definition) is 4. The van der Waals surface area contributed by atoms with Gasteiger partial charge in [0.2, 0.25) is 0 Å². The van der Waals surface area contributed by atoms with Gasteiger partial charge >= 0.3 is 0 Å². The average Bonchev–Trinajstić information content (AvgIpc) is 3.68. The van der Waals surface area contributed by atoms with E-state index in [2.05, 4.69) is 20.8 Å². The van der Waals surface area contributed by atoms with Crippen LogP contribution in [0.5, 0.6) is 0 Å². The number of nitrogens with zero attached hydrogens (tertiary/aromatic N) is 6. The Balaban J connectivity index is 1.06. The number of non-ortho nitro benzene ring substituents is 2. The Bertz CT molecular complexity index is 2310. The van der Waals surface area contributed by atoms with E-state index in [0.29, 0.717) is 84.6 Å². The van der Waals surface area contributed by atoms with Gasteiger partial charge in [-0.05, 0) is 38.1 Å². The second kappa shape index (κ2) is 17.9. The van der Waals surface area contributed by atoms with Crippen LogP contribution in [0.15, 0.2) is 129 Å². The number of benzene rings is 4. The van der Waals surface area contributed by atoms with E-state index in [1.54, 1.807) is 13.8 Å². The lowest BCUT2D eigenvalue weighted by Gasteiger charge is -2.08. The number of aliphatic imine (C=N–C) groups is 2. The van der Waals surface area contributed by atoms with E-state index >= 15 is 0 Å². The van der Waals surface area contributed by atoms with Gasteiger partial charge < -0.3 is 10.6 Å². The van der Waals surface area contributed by atoms with Gasteiger partial charge in [-0.3, -0.25) is 50.0 Å². The van der Waals surface area contributed by atoms with E-state index in [1.807, 2.05) is 60.7 Å². The molecule has 4 N–H and O–H groups in total. The molecule has 0 saturated carbocycles. The molecular formula is C40H40N10O6. The topological polar surface area (TPSA) is 211 Å². The quantitative estimate of drug-likeness (QED) is 0.0445. The summed E-state index contributed by atoms with van der Waals surface area (Å²) >= 11 is 0. The molecule has 16 nitrogen and oxygen atoms in total. The summed E-state index contributed by atoms with van der Waals surface area (Å²) in [6.45, 7) is 6.82. The Hall–Kier alpha value is -7.04. The van der Waals surface area contributed by atoms with E-state index in [1.165, 1.54) is 57.9 Å². The first-order valence-electron chi connectivity index (χ1n) is 17.9. The largest absolute Gasteiger partial charge is 0.314 e. The van der Waals surface area contributed by atoms with Crippen molar-refractivity contribution < 1.29 is 9.85 Å². The summed E-state index contributed by atoms with van der Waals surface area (Å²) in [7, 11) is 0. The fourth-order valence-corrected chi connectivity index (χ4v) is 6.20. The number of aromatic amines is 2. The summed E-state index contributed by atoms with van der Waals surface area (Å²) in [6.07, 6.45) is 0. The van der Waals surface area contributed by atoms with Crippen LogP contribution in [0.3, 0.4) is 0 Å². The van der Waals surface area contributed by atoms with Crippen molar-refractivity contribution in [2.24, 2.45) is 9.98 Å². The van der Waals surface area contributed by atoms with Crippen LogP contribution in [0, 0.1) is 34.1 Å². The number of H-pyrrole nitrogens is 2. The number of rotatable bonds is 17. The second-order valence-electron chi connectivity index (χ2n) is 12.7. The molecule has 0 bridgehead atoms. The third-order valence-electron chi connectivity index (χ3n) is 8.94. The number of nitrogens with one attached hydrogen (secondary N) is 4. The van der Waals surface area contributed by atoms with Crippen molar-refractivity contribution >= 4 is 22.8 Å². The number of nitro benzene ring substituents is 2. The summed E-state index contributed by atoms with van der Waals surface area (Å²) in [5.41, 5.74) is 4.96. The van der Waals surface area contributed by atoms with Gasteiger partial charge in [0.1, 0.15) is 0 Å². The Labute approximate surface area is 320 Å². The molecule has 6 aromatic rings. The Morgan fingerprint density at radius 3 is 1.27 bits per heavy atom. The molecule has 0 unspecified atom stereocenters. The van der Waals surface area contributed by atoms with Gasteiger partial charge in [-0.25, -0.2) is 9.36 Å². The number of hydrogen-bond acceptors (Lipinski definition) is 10. The fraction of sp³-hybridized carbons (Fsp3) is 0.200. The first-order chi connectivity index (χ1) is 27.1. The highest BCUT2D eigenvalue weighted by molar-refractivity contribution is 6.14. The van der Waals surface area contributed by atoms with Crippen LogP contribution in [0.25, 0.3) is 11.4 Å². The predicted octanol–water partition coefficient (Wildman–Crippen LogP) is 4.63. The molecule has 4 aromatic carbocycles. The van der Waals surface area contributed by atoms with Crippen LogP contribution in [0.2, 0.25) is 0 Å². The lowest BCUT2D eigenvalue weighted by Crippen LogP contribution is -2.30. The monoisotopic (exact) mass is 756 g/mol. The summed E-state index contributed by atoms with van der Waals surface area (Å²) in [6, 6.07) is 30.4. The normalized spacial score (nSPS) is 11.9. The van der Waals surface area contributed by atoms with Gasteiger partial charge in [-0.1, -0.05) is 60.7 Å². The van der Waals surface area contributed by atoms with Gasteiger partial charge in [0, 0.05) is 73.0 Å². The zero-order valence-electron chi connectivity index (χ0n) is 30.8. The first kappa shape index (κ1) is 38.7. The standard InChI is InChI=1S/C40H40N10O6/c1-27-35(39(51)47(45-27)31-13-17-33(18-14-31)49(53)54)37(29-9-5-3-6-10-29)43-25-23-41-21-22-42-24-26-44-38(30-11-7-4-8-12-30)36-28(2)46-48(40(36)52)32-15-19-34(20-16-32)50(55)56/h3-20,41-42,45-46H,21-26H2,1-2H3. The third-order valence-corrected chi connectivity index (χ3v) is 8.94. The van der Waals surface area contributed by atoms with Gasteiger partial charge in [0.25, 0.3) is 22.5 Å². The zero-order chi connectivity index (χ0) is 39.6. The maximum atomic E-state index is 13.7. The molecule has 16 heteroatoms. The number of aromatic nitrogens is 4. The van der Waals surface area contributed by atoms with E-state index < -0.39 is 9.85 Å². The van der Waals surface area contributed by atoms with Crippen molar-refractivity contribution in [2.45, 2.75) is 13.8 Å². The second-order valence-corrected chi connectivity index (χ2v) is 12.7. The highest BCUT2D eigenvalue weighted by Gasteiger charge is 2.21. The van der Waals surface area contributed by atoms with Gasteiger partial charge in [0.15, 0.2) is 0 Å². The average molecular weight is 757 g/mol. The lowest BCUT2D eigenvalue weighted by atomic mass is 10.0. The molecule has 0 aliphatic heterocycles. The molecule has 0 fully saturated rings. The van der Waals surface area contributed by atoms with E-state index in [9.17, 15) is 29.8 Å². The molecule has 2 heterocycles. The van der Waals surface area contributed by atoms with Crippen molar-refractivity contribution in [1.82, 2.24) is 30.2 Å². The SMILES string of the molecule is Cc1[nH]n(-c2ccc([N+](=O)[O-])cc2)c(=O)c1C(=NCCNCCNCCN=C(c1ccccc1)c1c(C)[nH]n(-c2ccc([N+](=O)[O-])cc2)c1=O)c1ccccc1. The van der Waals surface area contributed by atoms with E-state index in [4.69, 9.17) is 9.98 Å². The van der Waals surface area contributed by atoms with Crippen LogP contribution in [-0.2, 0) is 0 Å².